The minimum Gasteiger partial charge on any atom is -0.487 e. The number of sulfonamides is 1. The first-order valence-corrected chi connectivity index (χ1v) is 11.5. The van der Waals surface area contributed by atoms with Crippen LogP contribution in [0.3, 0.4) is 0 Å². The Morgan fingerprint density at radius 3 is 2.29 bits per heavy atom. The lowest BCUT2D eigenvalue weighted by molar-refractivity contribution is -0.385. The minimum atomic E-state index is -3.97. The summed E-state index contributed by atoms with van der Waals surface area (Å²) in [6, 6.07) is 14.3. The van der Waals surface area contributed by atoms with Gasteiger partial charge >= 0.3 is 11.7 Å². The fourth-order valence-corrected chi connectivity index (χ4v) is 4.07. The summed E-state index contributed by atoms with van der Waals surface area (Å²) in [5, 5.41) is 11.2. The molecule has 0 amide bonds. The summed E-state index contributed by atoms with van der Waals surface area (Å²) in [7, 11) is -2.80. The van der Waals surface area contributed by atoms with Gasteiger partial charge in [0.2, 0.25) is 5.75 Å². The molecule has 178 valence electrons. The number of esters is 1. The molecule has 3 aromatic rings. The molecular formula is C23H22N2O8S. The second-order valence-electron chi connectivity index (χ2n) is 7.04. The van der Waals surface area contributed by atoms with Crippen molar-refractivity contribution < 1.29 is 32.3 Å². The summed E-state index contributed by atoms with van der Waals surface area (Å²) < 4.78 is 43.8. The van der Waals surface area contributed by atoms with Crippen LogP contribution in [-0.2, 0) is 14.8 Å². The first-order chi connectivity index (χ1) is 16.1. The van der Waals surface area contributed by atoms with Gasteiger partial charge in [0.25, 0.3) is 10.0 Å². The topological polar surface area (TPSA) is 134 Å². The van der Waals surface area contributed by atoms with Crippen LogP contribution < -0.4 is 14.2 Å². The Bertz CT molecular complexity index is 1320. The van der Waals surface area contributed by atoms with Gasteiger partial charge in [-0.05, 0) is 50.2 Å². The number of benzene rings is 3. The van der Waals surface area contributed by atoms with E-state index < -0.39 is 20.9 Å². The number of rotatable bonds is 9. The molecule has 0 saturated carbocycles. The molecular weight excluding hydrogens is 464 g/mol. The Kier molecular flexibility index (Phi) is 7.37. The van der Waals surface area contributed by atoms with Gasteiger partial charge in [0.15, 0.2) is 0 Å². The summed E-state index contributed by atoms with van der Waals surface area (Å²) in [4.78, 5) is 23.0. The molecule has 0 bridgehead atoms. The monoisotopic (exact) mass is 486 g/mol. The van der Waals surface area contributed by atoms with Gasteiger partial charge in [-0.1, -0.05) is 17.7 Å². The number of anilines is 1. The number of nitro benzene ring substituents is 1. The average Bonchev–Trinajstić information content (AvgIpc) is 2.80. The largest absolute Gasteiger partial charge is 0.487 e. The highest BCUT2D eigenvalue weighted by molar-refractivity contribution is 7.92. The van der Waals surface area contributed by atoms with Crippen molar-refractivity contribution in [2.45, 2.75) is 18.7 Å². The molecule has 3 rings (SSSR count). The molecule has 34 heavy (non-hydrogen) atoms. The van der Waals surface area contributed by atoms with E-state index in [2.05, 4.69) is 4.72 Å². The van der Waals surface area contributed by atoms with Gasteiger partial charge in [0.05, 0.1) is 34.8 Å². The quantitative estimate of drug-likeness (QED) is 0.262. The molecule has 11 heteroatoms. The van der Waals surface area contributed by atoms with Crippen molar-refractivity contribution in [3.05, 3.63) is 81.9 Å². The first kappa shape index (κ1) is 24.5. The lowest BCUT2D eigenvalue weighted by Gasteiger charge is -2.14. The summed E-state index contributed by atoms with van der Waals surface area (Å²) in [6.07, 6.45) is 0. The van der Waals surface area contributed by atoms with Gasteiger partial charge in [-0.15, -0.1) is 0 Å². The molecule has 3 aromatic carbocycles. The van der Waals surface area contributed by atoms with E-state index in [1.165, 1.54) is 55.6 Å². The Labute approximate surface area is 196 Å². The van der Waals surface area contributed by atoms with Crippen LogP contribution in [0.25, 0.3) is 0 Å². The number of hydrogen-bond donors (Lipinski definition) is 1. The average molecular weight is 487 g/mol. The Balaban J connectivity index is 1.93. The van der Waals surface area contributed by atoms with E-state index in [1.54, 1.807) is 19.1 Å². The van der Waals surface area contributed by atoms with Crippen molar-refractivity contribution >= 4 is 27.4 Å². The molecule has 0 heterocycles. The number of carbonyl (C=O) groups excluding carboxylic acids is 1. The summed E-state index contributed by atoms with van der Waals surface area (Å²) in [6.45, 7) is 3.74. The molecule has 0 aliphatic rings. The minimum absolute atomic E-state index is 0.00141. The summed E-state index contributed by atoms with van der Waals surface area (Å²) in [5.74, 6) is -0.362. The SMILES string of the molecule is CCOc1cc(Oc2ccc(NS(=O)(=O)c3ccc(C)cc3)c(C(=O)OC)c2)ccc1[N+](=O)[O-]. The van der Waals surface area contributed by atoms with Crippen LogP contribution in [0, 0.1) is 17.0 Å². The molecule has 0 unspecified atom stereocenters. The molecule has 0 spiro atoms. The Hall–Kier alpha value is -4.12. The van der Waals surface area contributed by atoms with E-state index in [9.17, 15) is 23.3 Å². The predicted molar refractivity (Wildman–Crippen MR) is 124 cm³/mol. The van der Waals surface area contributed by atoms with Gasteiger partial charge < -0.3 is 14.2 Å². The van der Waals surface area contributed by atoms with Crippen molar-refractivity contribution in [1.82, 2.24) is 0 Å². The van der Waals surface area contributed by atoms with Crippen LogP contribution in [0.2, 0.25) is 0 Å². The van der Waals surface area contributed by atoms with E-state index >= 15 is 0 Å². The molecule has 0 fully saturated rings. The maximum absolute atomic E-state index is 12.8. The standard InChI is InChI=1S/C23H22N2O8S/c1-4-32-22-14-17(8-12-21(22)25(27)28)33-16-7-11-20(19(13-16)23(26)31-3)24-34(29,30)18-9-5-15(2)6-10-18/h5-14,24H,4H2,1-3H3. The fourth-order valence-electron chi connectivity index (χ4n) is 2.99. The Morgan fingerprint density at radius 2 is 1.68 bits per heavy atom. The lowest BCUT2D eigenvalue weighted by atomic mass is 10.1. The van der Waals surface area contributed by atoms with Gasteiger partial charge in [-0.3, -0.25) is 14.8 Å². The summed E-state index contributed by atoms with van der Waals surface area (Å²) in [5.41, 5.74) is 0.598. The third-order valence-electron chi connectivity index (χ3n) is 4.64. The molecule has 10 nitrogen and oxygen atoms in total. The van der Waals surface area contributed by atoms with Crippen LogP contribution in [-0.4, -0.2) is 33.0 Å². The van der Waals surface area contributed by atoms with Crippen LogP contribution in [0.15, 0.2) is 65.6 Å². The first-order valence-electron chi connectivity index (χ1n) is 10.1. The maximum atomic E-state index is 12.8. The van der Waals surface area contributed by atoms with Crippen molar-refractivity contribution in [3.8, 4) is 17.2 Å². The normalized spacial score (nSPS) is 10.9. The summed E-state index contributed by atoms with van der Waals surface area (Å²) >= 11 is 0. The Morgan fingerprint density at radius 1 is 1.03 bits per heavy atom. The van der Waals surface area contributed by atoms with Gasteiger partial charge in [0.1, 0.15) is 11.5 Å². The van der Waals surface area contributed by atoms with Crippen LogP contribution >= 0.6 is 0 Å². The molecule has 0 radical (unpaired) electrons. The fraction of sp³-hybridized carbons (Fsp3) is 0.174. The van der Waals surface area contributed by atoms with Crippen molar-refractivity contribution in [1.29, 1.82) is 0 Å². The third-order valence-corrected chi connectivity index (χ3v) is 6.02. The highest BCUT2D eigenvalue weighted by Crippen LogP contribution is 2.34. The number of ether oxygens (including phenoxy) is 3. The maximum Gasteiger partial charge on any atom is 0.340 e. The van der Waals surface area contributed by atoms with Gasteiger partial charge in [-0.2, -0.15) is 0 Å². The third kappa shape index (κ3) is 5.62. The van der Waals surface area contributed by atoms with Gasteiger partial charge in [0, 0.05) is 12.1 Å². The number of hydrogen-bond acceptors (Lipinski definition) is 8. The molecule has 0 saturated heterocycles. The van der Waals surface area contributed by atoms with Gasteiger partial charge in [-0.25, -0.2) is 13.2 Å². The number of nitrogens with zero attached hydrogens (tertiary/aromatic N) is 1. The number of nitrogens with one attached hydrogen (secondary N) is 1. The van der Waals surface area contributed by atoms with Crippen molar-refractivity contribution in [3.63, 3.8) is 0 Å². The number of nitro groups is 1. The zero-order chi connectivity index (χ0) is 24.9. The van der Waals surface area contributed by atoms with E-state index in [4.69, 9.17) is 14.2 Å². The second kappa shape index (κ2) is 10.2. The van der Waals surface area contributed by atoms with E-state index in [-0.39, 0.29) is 45.7 Å². The smallest absolute Gasteiger partial charge is 0.340 e. The molecule has 1 N–H and O–H groups in total. The van der Waals surface area contributed by atoms with Crippen LogP contribution in [0.1, 0.15) is 22.8 Å². The number of methoxy groups -OCH3 is 1. The highest BCUT2D eigenvalue weighted by Gasteiger charge is 2.21. The van der Waals surface area contributed by atoms with Crippen molar-refractivity contribution in [2.75, 3.05) is 18.4 Å². The van der Waals surface area contributed by atoms with E-state index in [1.807, 2.05) is 6.92 Å². The van der Waals surface area contributed by atoms with E-state index in [0.29, 0.717) is 0 Å². The molecule has 0 aliphatic carbocycles. The van der Waals surface area contributed by atoms with Crippen LogP contribution in [0.5, 0.6) is 17.2 Å². The predicted octanol–water partition coefficient (Wildman–Crippen LogP) is 4.68. The molecule has 0 aliphatic heterocycles. The zero-order valence-electron chi connectivity index (χ0n) is 18.6. The number of aryl methyl sites for hydroxylation is 1. The van der Waals surface area contributed by atoms with E-state index in [0.717, 1.165) is 5.56 Å². The second-order valence-corrected chi connectivity index (χ2v) is 8.72. The zero-order valence-corrected chi connectivity index (χ0v) is 19.4. The molecule has 0 atom stereocenters. The van der Waals surface area contributed by atoms with Crippen molar-refractivity contribution in [2.24, 2.45) is 0 Å². The number of carbonyl (C=O) groups is 1. The van der Waals surface area contributed by atoms with Crippen LogP contribution in [0.4, 0.5) is 11.4 Å². The molecule has 0 aromatic heterocycles. The highest BCUT2D eigenvalue weighted by atomic mass is 32.2. The lowest BCUT2D eigenvalue weighted by Crippen LogP contribution is -2.16.